The molecule has 1 fully saturated rings. The maximum absolute atomic E-state index is 12.8. The van der Waals surface area contributed by atoms with Gasteiger partial charge in [0.2, 0.25) is 0 Å². The van der Waals surface area contributed by atoms with Crippen LogP contribution < -0.4 is 4.31 Å². The lowest BCUT2D eigenvalue weighted by Gasteiger charge is -2.38. The number of piperidine rings is 1. The number of para-hydroxylation sites is 1. The van der Waals surface area contributed by atoms with Gasteiger partial charge in [0, 0.05) is 19.1 Å². The Bertz CT molecular complexity index is 1010. The molecule has 1 saturated heterocycles. The average Bonchev–Trinajstić information content (AvgIpc) is 2.77. The Hall–Kier alpha value is -2.87. The van der Waals surface area contributed by atoms with Crippen LogP contribution in [-0.4, -0.2) is 50.9 Å². The second-order valence-electron chi connectivity index (χ2n) is 7.84. The van der Waals surface area contributed by atoms with Gasteiger partial charge in [-0.1, -0.05) is 18.2 Å². The van der Waals surface area contributed by atoms with Gasteiger partial charge in [0.1, 0.15) is 0 Å². The summed E-state index contributed by atoms with van der Waals surface area (Å²) in [6.45, 7) is 3.67. The first-order chi connectivity index (χ1) is 14.7. The largest absolute Gasteiger partial charge is 0.452 e. The summed E-state index contributed by atoms with van der Waals surface area (Å²) in [6, 6.07) is 14.5. The van der Waals surface area contributed by atoms with E-state index in [1.807, 2.05) is 19.9 Å². The highest BCUT2D eigenvalue weighted by molar-refractivity contribution is 7.92. The normalized spacial score (nSPS) is 19.0. The number of nitrogens with zero attached hydrogens (tertiary/aromatic N) is 2. The monoisotopic (exact) mass is 444 g/mol. The third-order valence-corrected chi connectivity index (χ3v) is 7.48. The van der Waals surface area contributed by atoms with Gasteiger partial charge in [0.15, 0.2) is 6.61 Å². The van der Waals surface area contributed by atoms with E-state index < -0.39 is 16.0 Å². The molecule has 0 N–H and O–H groups in total. The molecule has 166 valence electrons. The highest BCUT2D eigenvalue weighted by atomic mass is 32.2. The molecule has 8 heteroatoms. The molecular weight excluding hydrogens is 416 g/mol. The summed E-state index contributed by atoms with van der Waals surface area (Å²) in [5.74, 6) is -0.872. The van der Waals surface area contributed by atoms with Crippen molar-refractivity contribution in [3.05, 3.63) is 60.2 Å². The molecule has 1 heterocycles. The van der Waals surface area contributed by atoms with Crippen LogP contribution in [0.1, 0.15) is 43.5 Å². The SMILES string of the molecule is C[C@@H]1CCC[C@H](C)N1C(=O)COC(=O)c1ccc(S(=O)(=O)N(C)c2ccccc2)cc1. The molecule has 7 nitrogen and oxygen atoms in total. The second kappa shape index (κ2) is 9.51. The van der Waals surface area contributed by atoms with Gasteiger partial charge in [0.05, 0.1) is 16.1 Å². The van der Waals surface area contributed by atoms with Crippen molar-refractivity contribution in [3.8, 4) is 0 Å². The minimum Gasteiger partial charge on any atom is -0.452 e. The Balaban J connectivity index is 1.64. The molecule has 31 heavy (non-hydrogen) atoms. The van der Waals surface area contributed by atoms with Crippen molar-refractivity contribution in [1.82, 2.24) is 4.90 Å². The molecule has 0 radical (unpaired) electrons. The van der Waals surface area contributed by atoms with Crippen LogP contribution in [0.2, 0.25) is 0 Å². The minimum absolute atomic E-state index is 0.0578. The molecule has 1 aliphatic heterocycles. The lowest BCUT2D eigenvalue weighted by atomic mass is 9.97. The molecule has 2 atom stereocenters. The number of carbonyl (C=O) groups excluding carboxylic acids is 2. The molecule has 0 unspecified atom stereocenters. The molecule has 3 rings (SSSR count). The van der Waals surface area contributed by atoms with Crippen molar-refractivity contribution in [2.45, 2.75) is 50.1 Å². The van der Waals surface area contributed by atoms with Crippen molar-refractivity contribution in [2.24, 2.45) is 0 Å². The Labute approximate surface area is 183 Å². The predicted octanol–water partition coefficient (Wildman–Crippen LogP) is 3.46. The van der Waals surface area contributed by atoms with Gasteiger partial charge in [-0.05, 0) is 69.5 Å². The van der Waals surface area contributed by atoms with Crippen LogP contribution in [0.3, 0.4) is 0 Å². The predicted molar refractivity (Wildman–Crippen MR) is 118 cm³/mol. The number of rotatable bonds is 6. The number of sulfonamides is 1. The molecule has 2 aromatic rings. The zero-order valence-electron chi connectivity index (χ0n) is 18.0. The topological polar surface area (TPSA) is 84.0 Å². The van der Waals surface area contributed by atoms with Gasteiger partial charge in [-0.15, -0.1) is 0 Å². The highest BCUT2D eigenvalue weighted by Gasteiger charge is 2.29. The number of amides is 1. The van der Waals surface area contributed by atoms with E-state index in [-0.39, 0.29) is 35.1 Å². The molecule has 2 aromatic carbocycles. The van der Waals surface area contributed by atoms with Crippen molar-refractivity contribution < 1.29 is 22.7 Å². The molecule has 0 aromatic heterocycles. The fourth-order valence-electron chi connectivity index (χ4n) is 3.90. The molecule has 1 aliphatic rings. The van der Waals surface area contributed by atoms with Crippen LogP contribution in [0.15, 0.2) is 59.5 Å². The summed E-state index contributed by atoms with van der Waals surface area (Å²) >= 11 is 0. The van der Waals surface area contributed by atoms with Gasteiger partial charge in [-0.25, -0.2) is 13.2 Å². The van der Waals surface area contributed by atoms with Gasteiger partial charge >= 0.3 is 5.97 Å². The molecule has 0 bridgehead atoms. The van der Waals surface area contributed by atoms with E-state index in [9.17, 15) is 18.0 Å². The van der Waals surface area contributed by atoms with Crippen LogP contribution in [0, 0.1) is 0 Å². The maximum Gasteiger partial charge on any atom is 0.338 e. The number of hydrogen-bond acceptors (Lipinski definition) is 5. The molecule has 0 aliphatic carbocycles. The zero-order chi connectivity index (χ0) is 22.6. The Morgan fingerprint density at radius 2 is 1.58 bits per heavy atom. The maximum atomic E-state index is 12.8. The summed E-state index contributed by atoms with van der Waals surface area (Å²) in [5, 5.41) is 0. The van der Waals surface area contributed by atoms with Crippen molar-refractivity contribution in [3.63, 3.8) is 0 Å². The number of hydrogen-bond donors (Lipinski definition) is 0. The van der Waals surface area contributed by atoms with E-state index in [1.54, 1.807) is 29.2 Å². The van der Waals surface area contributed by atoms with Crippen LogP contribution in [0.5, 0.6) is 0 Å². The molecule has 0 saturated carbocycles. The molecule has 1 amide bonds. The summed E-state index contributed by atoms with van der Waals surface area (Å²) in [4.78, 5) is 26.7. The number of likely N-dealkylation sites (tertiary alicyclic amines) is 1. The van der Waals surface area contributed by atoms with E-state index in [2.05, 4.69) is 0 Å². The molecule has 0 spiro atoms. The molecular formula is C23H28N2O5S. The lowest BCUT2D eigenvalue weighted by molar-refractivity contribution is -0.140. The third-order valence-electron chi connectivity index (χ3n) is 5.68. The van der Waals surface area contributed by atoms with E-state index in [1.165, 1.54) is 35.6 Å². The van der Waals surface area contributed by atoms with Crippen molar-refractivity contribution >= 4 is 27.6 Å². The summed E-state index contributed by atoms with van der Waals surface area (Å²) < 4.78 is 32.0. The number of esters is 1. The first kappa shape index (κ1) is 22.8. The first-order valence-corrected chi connectivity index (χ1v) is 11.8. The third kappa shape index (κ3) is 5.07. The minimum atomic E-state index is -3.77. The Kier molecular flexibility index (Phi) is 7.00. The van der Waals surface area contributed by atoms with Crippen LogP contribution in [-0.2, 0) is 19.6 Å². The number of benzene rings is 2. The van der Waals surface area contributed by atoms with E-state index >= 15 is 0 Å². The standard InChI is InChI=1S/C23H28N2O5S/c1-17-8-7-9-18(2)25(17)22(26)16-30-23(27)19-12-14-21(15-13-19)31(28,29)24(3)20-10-5-4-6-11-20/h4-6,10-15,17-18H,7-9,16H2,1-3H3/t17-,18+. The quantitative estimate of drug-likeness (QED) is 0.637. The average molecular weight is 445 g/mol. The fourth-order valence-corrected chi connectivity index (χ4v) is 5.09. The van der Waals surface area contributed by atoms with Gasteiger partial charge < -0.3 is 9.64 Å². The van der Waals surface area contributed by atoms with Crippen LogP contribution in [0.25, 0.3) is 0 Å². The van der Waals surface area contributed by atoms with Crippen LogP contribution >= 0.6 is 0 Å². The van der Waals surface area contributed by atoms with E-state index in [0.717, 1.165) is 19.3 Å². The summed E-state index contributed by atoms with van der Waals surface area (Å²) in [7, 11) is -2.29. The second-order valence-corrected chi connectivity index (χ2v) is 9.81. The number of anilines is 1. The highest BCUT2D eigenvalue weighted by Crippen LogP contribution is 2.23. The van der Waals surface area contributed by atoms with E-state index in [4.69, 9.17) is 4.74 Å². The fraction of sp³-hybridized carbons (Fsp3) is 0.391. The van der Waals surface area contributed by atoms with Gasteiger partial charge in [-0.2, -0.15) is 0 Å². The van der Waals surface area contributed by atoms with Gasteiger partial charge in [0.25, 0.3) is 15.9 Å². The smallest absolute Gasteiger partial charge is 0.338 e. The Morgan fingerprint density at radius 3 is 2.16 bits per heavy atom. The zero-order valence-corrected chi connectivity index (χ0v) is 18.8. The van der Waals surface area contributed by atoms with Crippen molar-refractivity contribution in [2.75, 3.05) is 18.0 Å². The number of ether oxygens (including phenoxy) is 1. The van der Waals surface area contributed by atoms with E-state index in [0.29, 0.717) is 5.69 Å². The first-order valence-electron chi connectivity index (χ1n) is 10.3. The lowest BCUT2D eigenvalue weighted by Crippen LogP contribution is -2.49. The van der Waals surface area contributed by atoms with Gasteiger partial charge in [-0.3, -0.25) is 9.10 Å². The summed E-state index contributed by atoms with van der Waals surface area (Å²) in [6.07, 6.45) is 2.97. The Morgan fingerprint density at radius 1 is 1.00 bits per heavy atom. The van der Waals surface area contributed by atoms with Crippen LogP contribution in [0.4, 0.5) is 5.69 Å². The van der Waals surface area contributed by atoms with Crippen molar-refractivity contribution in [1.29, 1.82) is 0 Å². The number of carbonyl (C=O) groups is 2. The summed E-state index contributed by atoms with van der Waals surface area (Å²) in [5.41, 5.74) is 0.722.